The Bertz CT molecular complexity index is 897. The molecule has 5 heteroatoms. The van der Waals surface area contributed by atoms with Gasteiger partial charge in [-0.05, 0) is 23.6 Å². The van der Waals surface area contributed by atoms with E-state index >= 15 is 0 Å². The number of carbonyl (C=O) groups is 1. The van der Waals surface area contributed by atoms with E-state index in [1.54, 1.807) is 18.6 Å². The Labute approximate surface area is 121 Å². The quantitative estimate of drug-likeness (QED) is 0.534. The number of rotatable bonds is 1. The maximum Gasteiger partial charge on any atom is 0.216 e. The van der Waals surface area contributed by atoms with Crippen molar-refractivity contribution in [3.05, 3.63) is 48.0 Å². The van der Waals surface area contributed by atoms with Crippen LogP contribution < -0.4 is 4.90 Å². The molecule has 3 aromatic rings. The van der Waals surface area contributed by atoms with E-state index in [9.17, 15) is 4.79 Å². The first kappa shape index (κ1) is 12.0. The van der Waals surface area contributed by atoms with Gasteiger partial charge >= 0.3 is 0 Å². The van der Waals surface area contributed by atoms with Crippen molar-refractivity contribution in [3.63, 3.8) is 0 Å². The van der Waals surface area contributed by atoms with Crippen molar-refractivity contribution in [1.29, 1.82) is 0 Å². The lowest BCUT2D eigenvalue weighted by atomic mass is 9.91. The van der Waals surface area contributed by atoms with Gasteiger partial charge in [-0.2, -0.15) is 0 Å². The highest BCUT2D eigenvalue weighted by Crippen LogP contribution is 2.38. The van der Waals surface area contributed by atoms with Gasteiger partial charge in [-0.15, -0.1) is 0 Å². The van der Waals surface area contributed by atoms with E-state index in [4.69, 9.17) is 0 Å². The van der Waals surface area contributed by atoms with Crippen LogP contribution in [0.15, 0.2) is 36.8 Å². The molecule has 1 aliphatic carbocycles. The second kappa shape index (κ2) is 4.09. The second-order valence-electron chi connectivity index (χ2n) is 5.19. The number of anilines is 1. The van der Waals surface area contributed by atoms with Crippen LogP contribution in [0.4, 0.5) is 5.69 Å². The van der Waals surface area contributed by atoms with Crippen molar-refractivity contribution < 1.29 is 4.79 Å². The minimum atomic E-state index is -0.0899. The van der Waals surface area contributed by atoms with Gasteiger partial charge in [0.2, 0.25) is 5.78 Å². The van der Waals surface area contributed by atoms with Gasteiger partial charge in [-0.1, -0.05) is 0 Å². The zero-order valence-corrected chi connectivity index (χ0v) is 11.7. The third-order valence-corrected chi connectivity index (χ3v) is 3.75. The van der Waals surface area contributed by atoms with Gasteiger partial charge in [-0.25, -0.2) is 0 Å². The molecule has 0 atom stereocenters. The molecule has 0 saturated carbocycles. The predicted molar refractivity (Wildman–Crippen MR) is 80.5 cm³/mol. The summed E-state index contributed by atoms with van der Waals surface area (Å²) in [6.07, 6.45) is 5.12. The molecule has 0 fully saturated rings. The maximum atomic E-state index is 12.9. The number of carbonyl (C=O) groups excluding carboxylic acids is 1. The molecule has 0 aromatic carbocycles. The van der Waals surface area contributed by atoms with Gasteiger partial charge in [-0.3, -0.25) is 19.7 Å². The maximum absolute atomic E-state index is 12.9. The average molecular weight is 276 g/mol. The van der Waals surface area contributed by atoms with Gasteiger partial charge in [0.15, 0.2) is 0 Å². The molecule has 0 aliphatic heterocycles. The Morgan fingerprint density at radius 2 is 1.48 bits per heavy atom. The zero-order valence-electron chi connectivity index (χ0n) is 11.7. The second-order valence-corrected chi connectivity index (χ2v) is 5.19. The van der Waals surface area contributed by atoms with Crippen LogP contribution in [-0.4, -0.2) is 34.8 Å². The van der Waals surface area contributed by atoms with E-state index in [1.165, 1.54) is 0 Å². The molecule has 102 valence electrons. The Morgan fingerprint density at radius 1 is 0.857 bits per heavy atom. The number of nitrogens with zero attached hydrogens (tertiary/aromatic N) is 4. The molecule has 3 heterocycles. The van der Waals surface area contributed by atoms with Crippen molar-refractivity contribution in [2.24, 2.45) is 0 Å². The first-order valence-corrected chi connectivity index (χ1v) is 6.63. The summed E-state index contributed by atoms with van der Waals surface area (Å²) < 4.78 is 0. The number of pyridine rings is 3. The molecule has 0 spiro atoms. The van der Waals surface area contributed by atoms with Crippen molar-refractivity contribution >= 4 is 22.2 Å². The van der Waals surface area contributed by atoms with Crippen LogP contribution >= 0.6 is 0 Å². The minimum Gasteiger partial charge on any atom is -0.377 e. The normalized spacial score (nSPS) is 12.4. The highest BCUT2D eigenvalue weighted by Gasteiger charge is 2.31. The third kappa shape index (κ3) is 1.51. The number of ketones is 1. The summed E-state index contributed by atoms with van der Waals surface area (Å²) in [5.41, 5.74) is 3.24. The fourth-order valence-electron chi connectivity index (χ4n) is 2.82. The number of hydrogen-bond acceptors (Lipinski definition) is 5. The Hall–Kier alpha value is -2.82. The van der Waals surface area contributed by atoms with Crippen LogP contribution in [0.3, 0.4) is 0 Å². The molecule has 5 nitrogen and oxygen atoms in total. The van der Waals surface area contributed by atoms with Gasteiger partial charge < -0.3 is 4.90 Å². The number of fused-ring (bicyclic) bond motifs is 2. The predicted octanol–water partition coefficient (Wildman–Crippen LogP) is 2.30. The zero-order chi connectivity index (χ0) is 14.6. The summed E-state index contributed by atoms with van der Waals surface area (Å²) in [6.45, 7) is 0. The molecule has 4 rings (SSSR count). The van der Waals surface area contributed by atoms with Crippen LogP contribution in [0, 0.1) is 0 Å². The highest BCUT2D eigenvalue weighted by molar-refractivity contribution is 6.25. The highest BCUT2D eigenvalue weighted by atomic mass is 16.1. The lowest BCUT2D eigenvalue weighted by molar-refractivity contribution is 0.103. The van der Waals surface area contributed by atoms with E-state index in [-0.39, 0.29) is 5.78 Å². The number of hydrogen-bond donors (Lipinski definition) is 0. The van der Waals surface area contributed by atoms with Crippen LogP contribution in [0.5, 0.6) is 0 Å². The van der Waals surface area contributed by atoms with Gasteiger partial charge in [0.1, 0.15) is 11.4 Å². The van der Waals surface area contributed by atoms with E-state index < -0.39 is 0 Å². The fourth-order valence-corrected chi connectivity index (χ4v) is 2.82. The van der Waals surface area contributed by atoms with Crippen molar-refractivity contribution in [2.45, 2.75) is 0 Å². The molecule has 0 amide bonds. The summed E-state index contributed by atoms with van der Waals surface area (Å²) in [6, 6.07) is 5.61. The smallest absolute Gasteiger partial charge is 0.216 e. The van der Waals surface area contributed by atoms with Gasteiger partial charge in [0.25, 0.3) is 0 Å². The van der Waals surface area contributed by atoms with Crippen molar-refractivity contribution in [2.75, 3.05) is 19.0 Å². The summed E-state index contributed by atoms with van der Waals surface area (Å²) in [5.74, 6) is -0.0899. The van der Waals surface area contributed by atoms with E-state index in [1.807, 2.05) is 37.2 Å². The van der Waals surface area contributed by atoms with E-state index in [0.717, 1.165) is 22.2 Å². The van der Waals surface area contributed by atoms with Crippen molar-refractivity contribution in [1.82, 2.24) is 15.0 Å². The number of aromatic nitrogens is 3. The Kier molecular flexibility index (Phi) is 2.33. The van der Waals surface area contributed by atoms with Gasteiger partial charge in [0, 0.05) is 38.1 Å². The van der Waals surface area contributed by atoms with E-state index in [0.29, 0.717) is 17.0 Å². The van der Waals surface area contributed by atoms with Crippen LogP contribution in [0.2, 0.25) is 0 Å². The SMILES string of the molecule is CN(C)c1ccnc2c1C(=O)c1nccc3ccnc-2c13. The molecule has 0 radical (unpaired) electrons. The largest absolute Gasteiger partial charge is 0.377 e. The summed E-state index contributed by atoms with van der Waals surface area (Å²) in [4.78, 5) is 27.9. The molecule has 1 aliphatic rings. The molecular weight excluding hydrogens is 264 g/mol. The summed E-state index contributed by atoms with van der Waals surface area (Å²) >= 11 is 0. The Balaban J connectivity index is 2.20. The molecule has 21 heavy (non-hydrogen) atoms. The summed E-state index contributed by atoms with van der Waals surface area (Å²) in [5, 5.41) is 1.75. The van der Waals surface area contributed by atoms with Gasteiger partial charge in [0.05, 0.1) is 16.9 Å². The fraction of sp³-hybridized carbons (Fsp3) is 0.125. The third-order valence-electron chi connectivity index (χ3n) is 3.75. The molecule has 0 saturated heterocycles. The molecule has 0 bridgehead atoms. The van der Waals surface area contributed by atoms with E-state index in [2.05, 4.69) is 15.0 Å². The minimum absolute atomic E-state index is 0.0899. The molecular formula is C16H12N4O. The molecule has 0 N–H and O–H groups in total. The average Bonchev–Trinajstić information content (AvgIpc) is 2.51. The monoisotopic (exact) mass is 276 g/mol. The lowest BCUT2D eigenvalue weighted by Gasteiger charge is -2.22. The van der Waals surface area contributed by atoms with Crippen LogP contribution in [-0.2, 0) is 0 Å². The lowest BCUT2D eigenvalue weighted by Crippen LogP contribution is -2.20. The standard InChI is InChI=1S/C16H12N4O/c1-20(2)10-5-8-18-14-12(10)16(21)15-11-9(4-7-19-15)3-6-17-13(11)14/h3-8H,1-2H3. The molecule has 3 aromatic heterocycles. The first-order chi connectivity index (χ1) is 10.2. The van der Waals surface area contributed by atoms with Crippen molar-refractivity contribution in [3.8, 4) is 11.4 Å². The van der Waals surface area contributed by atoms with Crippen LogP contribution in [0.25, 0.3) is 22.2 Å². The Morgan fingerprint density at radius 3 is 2.19 bits per heavy atom. The topological polar surface area (TPSA) is 59.0 Å². The molecule has 0 unspecified atom stereocenters. The summed E-state index contributed by atoms with van der Waals surface area (Å²) in [7, 11) is 3.82. The first-order valence-electron chi connectivity index (χ1n) is 6.63. The van der Waals surface area contributed by atoms with Crippen LogP contribution in [0.1, 0.15) is 16.1 Å².